The zero-order valence-corrected chi connectivity index (χ0v) is 17.3. The van der Waals surface area contributed by atoms with Gasteiger partial charge in [0.25, 0.3) is 5.91 Å². The monoisotopic (exact) mass is 384 g/mol. The van der Waals surface area contributed by atoms with Gasteiger partial charge < -0.3 is 13.8 Å². The minimum atomic E-state index is 0.0189. The molecule has 0 aromatic carbocycles. The molecule has 2 atom stereocenters. The molecule has 2 aromatic rings. The molecule has 1 amide bonds. The van der Waals surface area contributed by atoms with E-state index in [0.29, 0.717) is 40.6 Å². The zero-order valence-electron chi connectivity index (χ0n) is 17.3. The molecule has 2 heterocycles. The van der Waals surface area contributed by atoms with Crippen molar-refractivity contribution >= 4 is 5.91 Å². The first-order chi connectivity index (χ1) is 13.4. The molecule has 0 saturated heterocycles. The van der Waals surface area contributed by atoms with Crippen molar-refractivity contribution in [2.24, 2.45) is 11.3 Å². The Morgan fingerprint density at radius 1 is 1.14 bits per heavy atom. The highest BCUT2D eigenvalue weighted by atomic mass is 16.5. The van der Waals surface area contributed by atoms with Crippen LogP contribution < -0.4 is 0 Å². The Balaban J connectivity index is 1.58. The summed E-state index contributed by atoms with van der Waals surface area (Å²) in [5.74, 6) is 1.80. The number of rotatable bonds is 4. The lowest BCUT2D eigenvalue weighted by Crippen LogP contribution is -2.50. The first-order valence-corrected chi connectivity index (χ1v) is 10.8. The molecule has 0 spiro atoms. The highest BCUT2D eigenvalue weighted by molar-refractivity contribution is 5.93. The minimum Gasteiger partial charge on any atom is -0.461 e. The third-order valence-corrected chi connectivity index (χ3v) is 6.73. The van der Waals surface area contributed by atoms with Gasteiger partial charge >= 0.3 is 0 Å². The van der Waals surface area contributed by atoms with Gasteiger partial charge in [0.05, 0.1) is 6.26 Å². The van der Waals surface area contributed by atoms with Crippen molar-refractivity contribution in [3.63, 3.8) is 0 Å². The second-order valence-electron chi connectivity index (χ2n) is 9.59. The maximum Gasteiger partial charge on any atom is 0.276 e. The van der Waals surface area contributed by atoms with Gasteiger partial charge in [0.1, 0.15) is 0 Å². The van der Waals surface area contributed by atoms with Crippen LogP contribution in [0.5, 0.6) is 0 Å². The van der Waals surface area contributed by atoms with E-state index in [1.165, 1.54) is 25.7 Å². The van der Waals surface area contributed by atoms with Gasteiger partial charge in [-0.1, -0.05) is 38.8 Å². The number of hydrogen-bond donors (Lipinski definition) is 0. The Bertz CT molecular complexity index is 783. The molecule has 4 rings (SSSR count). The van der Waals surface area contributed by atoms with Crippen molar-refractivity contribution < 1.29 is 13.7 Å². The largest absolute Gasteiger partial charge is 0.461 e. The van der Waals surface area contributed by atoms with E-state index in [4.69, 9.17) is 8.94 Å². The molecular formula is C23H32N2O3. The van der Waals surface area contributed by atoms with Crippen LogP contribution in [-0.4, -0.2) is 28.0 Å². The summed E-state index contributed by atoms with van der Waals surface area (Å²) >= 11 is 0. The summed E-state index contributed by atoms with van der Waals surface area (Å²) in [5.41, 5.74) is 0.778. The second kappa shape index (κ2) is 7.76. The molecule has 5 heteroatoms. The zero-order chi connectivity index (χ0) is 19.7. The fraction of sp³-hybridized carbons (Fsp3) is 0.652. The molecule has 28 heavy (non-hydrogen) atoms. The van der Waals surface area contributed by atoms with Gasteiger partial charge in [-0.25, -0.2) is 0 Å². The molecule has 2 fully saturated rings. The maximum atomic E-state index is 13.6. The van der Waals surface area contributed by atoms with Gasteiger partial charge in [-0.3, -0.25) is 4.79 Å². The Labute approximate surface area is 167 Å². The van der Waals surface area contributed by atoms with E-state index in [-0.39, 0.29) is 5.91 Å². The normalized spacial score (nSPS) is 25.5. The molecular weight excluding hydrogens is 352 g/mol. The van der Waals surface area contributed by atoms with E-state index in [1.807, 2.05) is 6.07 Å². The van der Waals surface area contributed by atoms with Crippen molar-refractivity contribution in [1.29, 1.82) is 0 Å². The summed E-state index contributed by atoms with van der Waals surface area (Å²) in [6.07, 6.45) is 10.7. The predicted molar refractivity (Wildman–Crippen MR) is 108 cm³/mol. The van der Waals surface area contributed by atoms with Crippen LogP contribution >= 0.6 is 0 Å². The van der Waals surface area contributed by atoms with Gasteiger partial charge in [0, 0.05) is 18.2 Å². The van der Waals surface area contributed by atoms with E-state index < -0.39 is 0 Å². The average Bonchev–Trinajstić information content (AvgIpc) is 3.35. The first-order valence-electron chi connectivity index (χ1n) is 10.8. The van der Waals surface area contributed by atoms with Crippen LogP contribution in [-0.2, 0) is 0 Å². The van der Waals surface area contributed by atoms with E-state index in [2.05, 4.69) is 30.8 Å². The summed E-state index contributed by atoms with van der Waals surface area (Å²) in [4.78, 5) is 15.7. The molecule has 2 aromatic heterocycles. The highest BCUT2D eigenvalue weighted by Crippen LogP contribution is 2.40. The predicted octanol–water partition coefficient (Wildman–Crippen LogP) is 5.92. The Morgan fingerprint density at radius 3 is 2.61 bits per heavy atom. The van der Waals surface area contributed by atoms with Gasteiger partial charge in [0.2, 0.25) is 5.76 Å². The van der Waals surface area contributed by atoms with Crippen molar-refractivity contribution in [3.05, 3.63) is 30.2 Å². The van der Waals surface area contributed by atoms with Crippen LogP contribution in [0.4, 0.5) is 0 Å². The number of nitrogens with zero attached hydrogens (tertiary/aromatic N) is 2. The first kappa shape index (κ1) is 19.3. The average molecular weight is 385 g/mol. The molecule has 2 aliphatic carbocycles. The third kappa shape index (κ3) is 4.03. The quantitative estimate of drug-likeness (QED) is 0.656. The fourth-order valence-corrected chi connectivity index (χ4v) is 4.99. The maximum absolute atomic E-state index is 13.6. The van der Waals surface area contributed by atoms with Crippen LogP contribution in [0.1, 0.15) is 82.6 Å². The van der Waals surface area contributed by atoms with Crippen LogP contribution in [0, 0.1) is 11.3 Å². The van der Waals surface area contributed by atoms with Gasteiger partial charge in [-0.2, -0.15) is 0 Å². The lowest BCUT2D eigenvalue weighted by atomic mass is 9.74. The summed E-state index contributed by atoms with van der Waals surface area (Å²) in [6.45, 7) is 6.99. The molecule has 0 aliphatic heterocycles. The Morgan fingerprint density at radius 2 is 1.93 bits per heavy atom. The molecule has 0 N–H and O–H groups in total. The van der Waals surface area contributed by atoms with E-state index in [9.17, 15) is 4.79 Å². The van der Waals surface area contributed by atoms with Crippen molar-refractivity contribution in [2.75, 3.05) is 0 Å². The molecule has 2 saturated carbocycles. The molecule has 152 valence electrons. The van der Waals surface area contributed by atoms with Crippen molar-refractivity contribution in [3.8, 4) is 11.5 Å². The van der Waals surface area contributed by atoms with Gasteiger partial charge in [-0.15, -0.1) is 0 Å². The Kier molecular flexibility index (Phi) is 5.35. The molecule has 2 aliphatic rings. The number of carbonyl (C=O) groups excluding carboxylic acids is 1. The lowest BCUT2D eigenvalue weighted by molar-refractivity contribution is 0.0312. The number of aromatic nitrogens is 1. The second-order valence-corrected chi connectivity index (χ2v) is 9.59. The summed E-state index contributed by atoms with van der Waals surface area (Å²) in [7, 11) is 0. The van der Waals surface area contributed by atoms with Crippen LogP contribution in [0.2, 0.25) is 0 Å². The van der Waals surface area contributed by atoms with Crippen LogP contribution in [0.25, 0.3) is 11.5 Å². The lowest BCUT2D eigenvalue weighted by Gasteiger charge is -2.45. The summed E-state index contributed by atoms with van der Waals surface area (Å²) < 4.78 is 10.8. The highest BCUT2D eigenvalue weighted by Gasteiger charge is 2.38. The fourth-order valence-electron chi connectivity index (χ4n) is 4.99. The van der Waals surface area contributed by atoms with E-state index >= 15 is 0 Å². The van der Waals surface area contributed by atoms with E-state index in [0.717, 1.165) is 25.7 Å². The van der Waals surface area contributed by atoms with Crippen LogP contribution in [0.15, 0.2) is 33.4 Å². The SMILES string of the molecule is CC1CCCC(N(C(=O)c2cc(-c3ccco3)on2)C2CCC(C)(C)CC2)C1. The minimum absolute atomic E-state index is 0.0189. The summed E-state index contributed by atoms with van der Waals surface area (Å²) in [5, 5.41) is 4.10. The van der Waals surface area contributed by atoms with Crippen LogP contribution in [0.3, 0.4) is 0 Å². The van der Waals surface area contributed by atoms with Crippen molar-refractivity contribution in [2.45, 2.75) is 84.2 Å². The summed E-state index contributed by atoms with van der Waals surface area (Å²) in [6, 6.07) is 5.97. The molecule has 5 nitrogen and oxygen atoms in total. The van der Waals surface area contributed by atoms with Gasteiger partial charge in [-0.05, 0) is 62.0 Å². The number of amides is 1. The van der Waals surface area contributed by atoms with E-state index in [1.54, 1.807) is 18.4 Å². The molecule has 2 unspecified atom stereocenters. The smallest absolute Gasteiger partial charge is 0.276 e. The number of carbonyl (C=O) groups is 1. The molecule has 0 bridgehead atoms. The number of hydrogen-bond acceptors (Lipinski definition) is 4. The van der Waals surface area contributed by atoms with Gasteiger partial charge in [0.15, 0.2) is 11.5 Å². The van der Waals surface area contributed by atoms with Crippen molar-refractivity contribution in [1.82, 2.24) is 10.1 Å². The third-order valence-electron chi connectivity index (χ3n) is 6.73. The standard InChI is InChI=1S/C23H32N2O3/c1-16-6-4-7-18(14-16)25(17-9-11-23(2,3)12-10-17)22(26)19-15-21(28-24-19)20-8-5-13-27-20/h5,8,13,15-18H,4,6-7,9-12,14H2,1-3H3. The number of furan rings is 1. The molecule has 0 radical (unpaired) electrons. The Hall–Kier alpha value is -2.04. The topological polar surface area (TPSA) is 59.5 Å².